The maximum Gasteiger partial charge on any atom is 0.0948 e. The molecule has 1 aliphatic carbocycles. The van der Waals surface area contributed by atoms with E-state index in [1.807, 2.05) is 0 Å². The lowest BCUT2D eigenvalue weighted by Gasteiger charge is -2.38. The molecule has 2 aliphatic rings. The van der Waals surface area contributed by atoms with Crippen LogP contribution in [0.3, 0.4) is 0 Å². The molecule has 3 heteroatoms. The lowest BCUT2D eigenvalue weighted by atomic mass is 9.75. The standard InChI is InChI=1S/C14H19NO2/c16-14-9-17-8-13(14)15-12-6-11(7-12)10-4-2-1-3-5-10/h1-5,11-16H,6-9H2/t11?,12?,13-,14-/m1/s1. The van der Waals surface area contributed by atoms with Crippen LogP contribution in [0, 0.1) is 0 Å². The third-order valence-electron chi connectivity index (χ3n) is 3.91. The minimum absolute atomic E-state index is 0.136. The van der Waals surface area contributed by atoms with Crippen molar-refractivity contribution >= 4 is 0 Å². The Morgan fingerprint density at radius 3 is 2.53 bits per heavy atom. The van der Waals surface area contributed by atoms with E-state index in [9.17, 15) is 5.11 Å². The summed E-state index contributed by atoms with van der Waals surface area (Å²) in [5.41, 5.74) is 1.44. The number of nitrogens with one attached hydrogen (secondary N) is 1. The minimum Gasteiger partial charge on any atom is -0.389 e. The van der Waals surface area contributed by atoms with E-state index >= 15 is 0 Å². The number of benzene rings is 1. The van der Waals surface area contributed by atoms with Gasteiger partial charge in [-0.1, -0.05) is 30.3 Å². The average Bonchev–Trinajstić information content (AvgIpc) is 2.70. The molecule has 1 heterocycles. The summed E-state index contributed by atoms with van der Waals surface area (Å²) in [7, 11) is 0. The number of hydrogen-bond acceptors (Lipinski definition) is 3. The highest BCUT2D eigenvalue weighted by Gasteiger charge is 2.35. The largest absolute Gasteiger partial charge is 0.389 e. The number of aliphatic hydroxyl groups excluding tert-OH is 1. The second-order valence-corrected chi connectivity index (χ2v) is 5.15. The molecule has 1 aromatic carbocycles. The molecule has 1 aromatic rings. The van der Waals surface area contributed by atoms with Crippen LogP contribution in [0.1, 0.15) is 24.3 Å². The van der Waals surface area contributed by atoms with Gasteiger partial charge in [-0.15, -0.1) is 0 Å². The van der Waals surface area contributed by atoms with Crippen LogP contribution < -0.4 is 5.32 Å². The Hall–Kier alpha value is -0.900. The van der Waals surface area contributed by atoms with Crippen molar-refractivity contribution in [2.24, 2.45) is 0 Å². The van der Waals surface area contributed by atoms with Gasteiger partial charge in [0.05, 0.1) is 25.4 Å². The summed E-state index contributed by atoms with van der Waals surface area (Å²) in [6, 6.07) is 11.3. The van der Waals surface area contributed by atoms with E-state index in [4.69, 9.17) is 4.74 Å². The third-order valence-corrected chi connectivity index (χ3v) is 3.91. The first-order chi connectivity index (χ1) is 8.33. The highest BCUT2D eigenvalue weighted by Crippen LogP contribution is 2.37. The van der Waals surface area contributed by atoms with Gasteiger partial charge >= 0.3 is 0 Å². The molecule has 17 heavy (non-hydrogen) atoms. The van der Waals surface area contributed by atoms with Crippen LogP contribution in [0.5, 0.6) is 0 Å². The molecule has 92 valence electrons. The van der Waals surface area contributed by atoms with Crippen LogP contribution in [0.25, 0.3) is 0 Å². The molecule has 1 saturated heterocycles. The van der Waals surface area contributed by atoms with Crippen LogP contribution in [0.15, 0.2) is 30.3 Å². The van der Waals surface area contributed by atoms with E-state index in [-0.39, 0.29) is 12.1 Å². The van der Waals surface area contributed by atoms with Crippen molar-refractivity contribution in [1.82, 2.24) is 5.32 Å². The van der Waals surface area contributed by atoms with Gasteiger partial charge in [0.1, 0.15) is 0 Å². The fraction of sp³-hybridized carbons (Fsp3) is 0.571. The van der Waals surface area contributed by atoms with Crippen molar-refractivity contribution in [1.29, 1.82) is 0 Å². The van der Waals surface area contributed by atoms with Gasteiger partial charge in [0, 0.05) is 6.04 Å². The topological polar surface area (TPSA) is 41.5 Å². The van der Waals surface area contributed by atoms with Crippen LogP contribution in [-0.2, 0) is 4.74 Å². The Balaban J connectivity index is 1.49. The molecule has 0 unspecified atom stereocenters. The molecule has 1 aliphatic heterocycles. The summed E-state index contributed by atoms with van der Waals surface area (Å²) in [5.74, 6) is 0.688. The van der Waals surface area contributed by atoms with E-state index in [1.165, 1.54) is 18.4 Å². The molecular formula is C14H19NO2. The van der Waals surface area contributed by atoms with Crippen LogP contribution in [0.4, 0.5) is 0 Å². The van der Waals surface area contributed by atoms with Gasteiger partial charge in [-0.05, 0) is 24.3 Å². The van der Waals surface area contributed by atoms with Gasteiger partial charge < -0.3 is 15.2 Å². The molecule has 1 saturated carbocycles. The molecule has 3 nitrogen and oxygen atoms in total. The zero-order valence-corrected chi connectivity index (χ0v) is 9.88. The smallest absolute Gasteiger partial charge is 0.0948 e. The zero-order chi connectivity index (χ0) is 11.7. The first kappa shape index (κ1) is 11.2. The highest BCUT2D eigenvalue weighted by atomic mass is 16.5. The van der Waals surface area contributed by atoms with Gasteiger partial charge in [-0.3, -0.25) is 0 Å². The molecule has 3 rings (SSSR count). The highest BCUT2D eigenvalue weighted by molar-refractivity contribution is 5.22. The second-order valence-electron chi connectivity index (χ2n) is 5.15. The van der Waals surface area contributed by atoms with Crippen molar-refractivity contribution < 1.29 is 9.84 Å². The van der Waals surface area contributed by atoms with E-state index in [1.54, 1.807) is 0 Å². The molecule has 0 aromatic heterocycles. The first-order valence-electron chi connectivity index (χ1n) is 6.40. The lowest BCUT2D eigenvalue weighted by molar-refractivity contribution is 0.118. The first-order valence-corrected chi connectivity index (χ1v) is 6.40. The molecule has 0 amide bonds. The van der Waals surface area contributed by atoms with E-state index in [0.29, 0.717) is 25.2 Å². The predicted molar refractivity (Wildman–Crippen MR) is 66.0 cm³/mol. The maximum absolute atomic E-state index is 9.65. The van der Waals surface area contributed by atoms with E-state index in [2.05, 4.69) is 35.6 Å². The van der Waals surface area contributed by atoms with Gasteiger partial charge in [0.25, 0.3) is 0 Å². The monoisotopic (exact) mass is 233 g/mol. The number of aliphatic hydroxyl groups is 1. The average molecular weight is 233 g/mol. The Kier molecular flexibility index (Phi) is 3.14. The second kappa shape index (κ2) is 4.77. The SMILES string of the molecule is O[C@@H]1COC[C@H]1NC1CC(c2ccccc2)C1. The number of rotatable bonds is 3. The third kappa shape index (κ3) is 2.37. The molecule has 2 atom stereocenters. The van der Waals surface area contributed by atoms with Crippen LogP contribution >= 0.6 is 0 Å². The van der Waals surface area contributed by atoms with Crippen molar-refractivity contribution in [3.63, 3.8) is 0 Å². The fourth-order valence-electron chi connectivity index (χ4n) is 2.76. The van der Waals surface area contributed by atoms with Gasteiger partial charge in [-0.2, -0.15) is 0 Å². The molecule has 0 spiro atoms. The normalized spacial score (nSPS) is 36.8. The molecule has 2 fully saturated rings. The van der Waals surface area contributed by atoms with Gasteiger partial charge in [0.15, 0.2) is 0 Å². The Morgan fingerprint density at radius 1 is 1.12 bits per heavy atom. The Labute approximate surface area is 102 Å². The zero-order valence-electron chi connectivity index (χ0n) is 9.88. The minimum atomic E-state index is -0.328. The molecular weight excluding hydrogens is 214 g/mol. The Bertz CT molecular complexity index is 362. The lowest BCUT2D eigenvalue weighted by Crippen LogP contribution is -2.49. The number of hydrogen-bond donors (Lipinski definition) is 2. The summed E-state index contributed by atoms with van der Waals surface area (Å²) in [6.45, 7) is 1.13. The van der Waals surface area contributed by atoms with Crippen LogP contribution in [0.2, 0.25) is 0 Å². The van der Waals surface area contributed by atoms with Crippen molar-refractivity contribution in [3.8, 4) is 0 Å². The summed E-state index contributed by atoms with van der Waals surface area (Å²) >= 11 is 0. The van der Waals surface area contributed by atoms with Crippen molar-refractivity contribution in [2.45, 2.75) is 36.9 Å². The predicted octanol–water partition coefficient (Wildman–Crippen LogP) is 1.28. The molecule has 0 radical (unpaired) electrons. The fourth-order valence-corrected chi connectivity index (χ4v) is 2.76. The quantitative estimate of drug-likeness (QED) is 0.826. The molecule has 0 bridgehead atoms. The van der Waals surface area contributed by atoms with Crippen molar-refractivity contribution in [2.75, 3.05) is 13.2 Å². The van der Waals surface area contributed by atoms with Gasteiger partial charge in [0.2, 0.25) is 0 Å². The van der Waals surface area contributed by atoms with Crippen LogP contribution in [-0.4, -0.2) is 36.5 Å². The maximum atomic E-state index is 9.65. The summed E-state index contributed by atoms with van der Waals surface area (Å²) in [4.78, 5) is 0. The van der Waals surface area contributed by atoms with E-state index in [0.717, 1.165) is 0 Å². The summed E-state index contributed by atoms with van der Waals surface area (Å²) < 4.78 is 5.24. The Morgan fingerprint density at radius 2 is 1.88 bits per heavy atom. The molecule has 2 N–H and O–H groups in total. The van der Waals surface area contributed by atoms with Crippen molar-refractivity contribution in [3.05, 3.63) is 35.9 Å². The number of ether oxygens (including phenoxy) is 1. The summed E-state index contributed by atoms with van der Waals surface area (Å²) in [6.07, 6.45) is 2.02. The summed E-state index contributed by atoms with van der Waals surface area (Å²) in [5, 5.41) is 13.1. The van der Waals surface area contributed by atoms with Gasteiger partial charge in [-0.25, -0.2) is 0 Å². The van der Waals surface area contributed by atoms with E-state index < -0.39 is 0 Å².